The van der Waals surface area contributed by atoms with E-state index in [2.05, 4.69) is 53.6 Å². The summed E-state index contributed by atoms with van der Waals surface area (Å²) in [7, 11) is 0. The summed E-state index contributed by atoms with van der Waals surface area (Å²) in [5.41, 5.74) is 10.1. The van der Waals surface area contributed by atoms with Gasteiger partial charge >= 0.3 is 0 Å². The standard InChI is InChI=1S/C30H30ClFN6O2/c1-15-12-19(31)14-23(34-15)36-29(40)20-7-8-21(25(32)16(20)2)26-24(27(33)39)28-35-22-9-6-18(30(3,4)5)13-17(22)10-11-38(28)37-26/h6-9,12-14,35H,10-11H2,1-5H3,(H2,33,39)(H,34,36,40). The highest BCUT2D eigenvalue weighted by Crippen LogP contribution is 2.37. The second-order valence-electron chi connectivity index (χ2n) is 11.0. The van der Waals surface area contributed by atoms with Gasteiger partial charge in [-0.2, -0.15) is 5.10 Å². The summed E-state index contributed by atoms with van der Waals surface area (Å²) in [5, 5.41) is 11.0. The quantitative estimate of drug-likeness (QED) is 0.271. The number of anilines is 3. The molecule has 40 heavy (non-hydrogen) atoms. The van der Waals surface area contributed by atoms with Gasteiger partial charge in [-0.05, 0) is 72.7 Å². The van der Waals surface area contributed by atoms with Gasteiger partial charge in [0.25, 0.3) is 11.8 Å². The Morgan fingerprint density at radius 3 is 2.55 bits per heavy atom. The lowest BCUT2D eigenvalue weighted by atomic mass is 9.85. The van der Waals surface area contributed by atoms with Crippen LogP contribution in [0.15, 0.2) is 42.5 Å². The number of pyridine rings is 1. The molecule has 206 valence electrons. The van der Waals surface area contributed by atoms with E-state index in [1.165, 1.54) is 30.7 Å². The Hall–Kier alpha value is -4.24. The van der Waals surface area contributed by atoms with Gasteiger partial charge in [-0.1, -0.05) is 44.5 Å². The average molecular weight is 561 g/mol. The summed E-state index contributed by atoms with van der Waals surface area (Å²) in [6.45, 7) is 10.2. The zero-order valence-electron chi connectivity index (χ0n) is 22.9. The number of carbonyl (C=O) groups excluding carboxylic acids is 2. The number of benzene rings is 2. The predicted molar refractivity (Wildman–Crippen MR) is 155 cm³/mol. The van der Waals surface area contributed by atoms with Gasteiger partial charge < -0.3 is 16.4 Å². The van der Waals surface area contributed by atoms with Crippen LogP contribution in [0.4, 0.5) is 21.7 Å². The molecule has 1 aliphatic heterocycles. The van der Waals surface area contributed by atoms with Crippen LogP contribution in [0.2, 0.25) is 5.02 Å². The molecule has 0 spiro atoms. The summed E-state index contributed by atoms with van der Waals surface area (Å²) in [5.74, 6) is -1.28. The molecule has 5 rings (SSSR count). The summed E-state index contributed by atoms with van der Waals surface area (Å²) < 4.78 is 17.5. The molecule has 4 N–H and O–H groups in total. The molecule has 2 aromatic carbocycles. The number of rotatable bonds is 4. The monoisotopic (exact) mass is 560 g/mol. The molecule has 0 radical (unpaired) electrons. The second kappa shape index (κ2) is 10.1. The predicted octanol–water partition coefficient (Wildman–Crippen LogP) is 6.30. The van der Waals surface area contributed by atoms with Crippen molar-refractivity contribution >= 4 is 40.7 Å². The van der Waals surface area contributed by atoms with E-state index in [1.807, 2.05) is 6.07 Å². The first-order valence-electron chi connectivity index (χ1n) is 12.9. The SMILES string of the molecule is Cc1cc(Cl)cc(NC(=O)c2ccc(-c3nn4c(c3C(N)=O)Nc3ccc(C(C)(C)C)cc3CC4)c(F)c2C)n1. The van der Waals surface area contributed by atoms with E-state index in [0.717, 1.165) is 11.3 Å². The third-order valence-electron chi connectivity index (χ3n) is 7.06. The molecule has 2 aromatic heterocycles. The number of halogens is 2. The maximum absolute atomic E-state index is 15.8. The number of amides is 2. The molecule has 3 heterocycles. The zero-order valence-corrected chi connectivity index (χ0v) is 23.7. The fourth-order valence-electron chi connectivity index (χ4n) is 4.90. The van der Waals surface area contributed by atoms with Crippen LogP contribution >= 0.6 is 11.6 Å². The number of fused-ring (bicyclic) bond motifs is 2. The maximum Gasteiger partial charge on any atom is 0.257 e. The molecule has 0 saturated heterocycles. The van der Waals surface area contributed by atoms with Crippen molar-refractivity contribution in [3.8, 4) is 11.3 Å². The van der Waals surface area contributed by atoms with Crippen LogP contribution in [0.5, 0.6) is 0 Å². The van der Waals surface area contributed by atoms with Gasteiger partial charge in [0, 0.05) is 34.1 Å². The van der Waals surface area contributed by atoms with Crippen molar-refractivity contribution in [2.45, 2.75) is 53.0 Å². The van der Waals surface area contributed by atoms with Gasteiger partial charge in [-0.3, -0.25) is 9.59 Å². The Bertz CT molecular complexity index is 1670. The fourth-order valence-corrected chi connectivity index (χ4v) is 5.16. The van der Waals surface area contributed by atoms with E-state index in [1.54, 1.807) is 17.7 Å². The van der Waals surface area contributed by atoms with E-state index in [-0.39, 0.29) is 39.2 Å². The van der Waals surface area contributed by atoms with Crippen LogP contribution < -0.4 is 16.4 Å². The fraction of sp³-hybridized carbons (Fsp3) is 0.267. The number of primary amides is 1. The smallest absolute Gasteiger partial charge is 0.257 e. The lowest BCUT2D eigenvalue weighted by Gasteiger charge is -2.21. The van der Waals surface area contributed by atoms with Crippen LogP contribution in [0.3, 0.4) is 0 Å². The molecule has 0 fully saturated rings. The minimum absolute atomic E-state index is 0.0114. The number of nitrogens with one attached hydrogen (secondary N) is 2. The lowest BCUT2D eigenvalue weighted by molar-refractivity contribution is 0.0998. The van der Waals surface area contributed by atoms with E-state index in [9.17, 15) is 9.59 Å². The summed E-state index contributed by atoms with van der Waals surface area (Å²) in [4.78, 5) is 29.9. The van der Waals surface area contributed by atoms with Crippen molar-refractivity contribution < 1.29 is 14.0 Å². The molecular formula is C30H30ClFN6O2. The largest absolute Gasteiger partial charge is 0.365 e. The Labute approximate surface area is 236 Å². The number of hydrogen-bond acceptors (Lipinski definition) is 5. The van der Waals surface area contributed by atoms with Gasteiger partial charge in [-0.25, -0.2) is 14.1 Å². The normalized spacial score (nSPS) is 12.7. The number of nitrogens with two attached hydrogens (primary N) is 1. The van der Waals surface area contributed by atoms with Crippen molar-refractivity contribution in [1.82, 2.24) is 14.8 Å². The number of aryl methyl sites for hydroxylation is 3. The third kappa shape index (κ3) is 5.04. The van der Waals surface area contributed by atoms with Crippen molar-refractivity contribution in [2.75, 3.05) is 10.6 Å². The zero-order chi connectivity index (χ0) is 28.9. The Kier molecular flexibility index (Phi) is 6.87. The molecule has 0 atom stereocenters. The van der Waals surface area contributed by atoms with Gasteiger partial charge in [0.05, 0.1) is 0 Å². The highest BCUT2D eigenvalue weighted by molar-refractivity contribution is 6.31. The topological polar surface area (TPSA) is 115 Å². The molecule has 10 heteroatoms. The number of carbonyl (C=O) groups is 2. The summed E-state index contributed by atoms with van der Waals surface area (Å²) in [6, 6.07) is 12.3. The molecule has 4 aromatic rings. The first kappa shape index (κ1) is 27.3. The van der Waals surface area contributed by atoms with E-state index < -0.39 is 17.6 Å². The maximum atomic E-state index is 15.8. The Morgan fingerprint density at radius 2 is 1.88 bits per heavy atom. The molecule has 1 aliphatic rings. The van der Waals surface area contributed by atoms with E-state index in [4.69, 9.17) is 17.3 Å². The van der Waals surface area contributed by atoms with Crippen LogP contribution in [0.1, 0.15) is 63.9 Å². The lowest BCUT2D eigenvalue weighted by Crippen LogP contribution is -2.16. The van der Waals surface area contributed by atoms with E-state index in [0.29, 0.717) is 29.5 Å². The molecular weight excluding hydrogens is 531 g/mol. The van der Waals surface area contributed by atoms with Gasteiger partial charge in [0.2, 0.25) is 0 Å². The van der Waals surface area contributed by atoms with Crippen LogP contribution in [0.25, 0.3) is 11.3 Å². The van der Waals surface area contributed by atoms with E-state index >= 15 is 4.39 Å². The Morgan fingerprint density at radius 1 is 1.12 bits per heavy atom. The minimum Gasteiger partial charge on any atom is -0.365 e. The highest BCUT2D eigenvalue weighted by Gasteiger charge is 2.29. The van der Waals surface area contributed by atoms with Crippen molar-refractivity contribution in [3.63, 3.8) is 0 Å². The van der Waals surface area contributed by atoms with Gasteiger partial charge in [-0.15, -0.1) is 0 Å². The summed E-state index contributed by atoms with van der Waals surface area (Å²) >= 11 is 6.07. The number of aromatic nitrogens is 3. The minimum atomic E-state index is -0.736. The van der Waals surface area contributed by atoms with Crippen molar-refractivity contribution in [2.24, 2.45) is 5.73 Å². The molecule has 0 aliphatic carbocycles. The first-order valence-corrected chi connectivity index (χ1v) is 13.3. The second-order valence-corrected chi connectivity index (χ2v) is 11.5. The van der Waals surface area contributed by atoms with Crippen LogP contribution in [-0.2, 0) is 18.4 Å². The molecule has 8 nitrogen and oxygen atoms in total. The molecule has 0 unspecified atom stereocenters. The van der Waals surface area contributed by atoms with Crippen LogP contribution in [0, 0.1) is 19.7 Å². The molecule has 2 amide bonds. The van der Waals surface area contributed by atoms with Crippen molar-refractivity contribution in [3.05, 3.63) is 86.8 Å². The number of nitrogens with zero attached hydrogens (tertiary/aromatic N) is 3. The molecule has 0 saturated carbocycles. The highest BCUT2D eigenvalue weighted by atomic mass is 35.5. The summed E-state index contributed by atoms with van der Waals surface area (Å²) in [6.07, 6.45) is 0.663. The Balaban J connectivity index is 1.52. The first-order chi connectivity index (χ1) is 18.8. The average Bonchev–Trinajstić information content (AvgIpc) is 3.11. The molecule has 0 bridgehead atoms. The van der Waals surface area contributed by atoms with Crippen molar-refractivity contribution in [1.29, 1.82) is 0 Å². The van der Waals surface area contributed by atoms with Gasteiger partial charge in [0.1, 0.15) is 28.7 Å². The van der Waals surface area contributed by atoms with Crippen LogP contribution in [-0.4, -0.2) is 26.6 Å². The number of hydrogen-bond donors (Lipinski definition) is 3. The third-order valence-corrected chi connectivity index (χ3v) is 7.28. The van der Waals surface area contributed by atoms with Gasteiger partial charge in [0.15, 0.2) is 0 Å².